The lowest BCUT2D eigenvalue weighted by molar-refractivity contribution is 0.0483. The smallest absolute Gasteiger partial charge is 0.407 e. The minimum atomic E-state index is -0.412. The zero-order valence-corrected chi connectivity index (χ0v) is 11.7. The van der Waals surface area contributed by atoms with Crippen LogP contribution in [0.2, 0.25) is 0 Å². The Balaban J connectivity index is 2.29. The van der Waals surface area contributed by atoms with E-state index >= 15 is 0 Å². The third kappa shape index (κ3) is 5.39. The number of amides is 1. The highest BCUT2D eigenvalue weighted by Gasteiger charge is 2.25. The van der Waals surface area contributed by atoms with Crippen molar-refractivity contribution in [3.05, 3.63) is 0 Å². The lowest BCUT2D eigenvalue weighted by Gasteiger charge is -2.33. The van der Waals surface area contributed by atoms with Gasteiger partial charge in [-0.25, -0.2) is 4.79 Å². The average molecular weight is 242 g/mol. The van der Waals surface area contributed by atoms with Crippen LogP contribution in [-0.4, -0.2) is 42.8 Å². The maximum atomic E-state index is 11.6. The zero-order chi connectivity index (χ0) is 13.1. The second kappa shape index (κ2) is 5.71. The second-order valence-corrected chi connectivity index (χ2v) is 6.12. The first-order valence-corrected chi connectivity index (χ1v) is 6.44. The number of nitrogens with zero attached hydrogens (tertiary/aromatic N) is 1. The molecule has 17 heavy (non-hydrogen) atoms. The van der Waals surface area contributed by atoms with Gasteiger partial charge in [0.05, 0.1) is 0 Å². The van der Waals surface area contributed by atoms with Crippen LogP contribution >= 0.6 is 0 Å². The molecule has 0 aromatic rings. The summed E-state index contributed by atoms with van der Waals surface area (Å²) in [4.78, 5) is 13.9. The molecule has 1 N–H and O–H groups in total. The van der Waals surface area contributed by atoms with E-state index in [0.717, 1.165) is 25.7 Å². The van der Waals surface area contributed by atoms with Crippen LogP contribution in [0.15, 0.2) is 0 Å². The molecule has 0 atom stereocenters. The van der Waals surface area contributed by atoms with E-state index < -0.39 is 5.60 Å². The van der Waals surface area contributed by atoms with Gasteiger partial charge >= 0.3 is 6.09 Å². The summed E-state index contributed by atoms with van der Waals surface area (Å²) in [7, 11) is 4.23. The fraction of sp³-hybridized carbons (Fsp3) is 0.923. The summed E-state index contributed by atoms with van der Waals surface area (Å²) in [5.41, 5.74) is -0.412. The summed E-state index contributed by atoms with van der Waals surface area (Å²) in [5, 5.41) is 2.96. The summed E-state index contributed by atoms with van der Waals surface area (Å²) < 4.78 is 5.25. The van der Waals surface area contributed by atoms with Crippen molar-refractivity contribution in [1.29, 1.82) is 0 Å². The minimum absolute atomic E-state index is 0.279. The highest BCUT2D eigenvalue weighted by Crippen LogP contribution is 2.21. The van der Waals surface area contributed by atoms with Gasteiger partial charge in [-0.15, -0.1) is 0 Å². The Labute approximate surface area is 105 Å². The third-order valence-electron chi connectivity index (χ3n) is 3.15. The van der Waals surface area contributed by atoms with Crippen LogP contribution in [0, 0.1) is 0 Å². The van der Waals surface area contributed by atoms with Crippen molar-refractivity contribution in [2.24, 2.45) is 0 Å². The van der Waals surface area contributed by atoms with Gasteiger partial charge in [-0.2, -0.15) is 0 Å². The Hall–Kier alpha value is -0.770. The number of hydrogen-bond acceptors (Lipinski definition) is 3. The number of hydrogen-bond donors (Lipinski definition) is 1. The molecule has 100 valence electrons. The Kier molecular flexibility index (Phi) is 4.80. The molecule has 1 amide bonds. The Bertz CT molecular complexity index is 251. The van der Waals surface area contributed by atoms with Crippen LogP contribution in [0.25, 0.3) is 0 Å². The Morgan fingerprint density at radius 2 is 1.71 bits per heavy atom. The standard InChI is InChI=1S/C13H26N2O2/c1-13(2,3)17-12(16)14-10-6-8-11(9-7-10)15(4)5/h10-11H,6-9H2,1-5H3,(H,14,16). The van der Waals surface area contributed by atoms with Gasteiger partial charge in [0.1, 0.15) is 5.60 Å². The molecule has 0 saturated heterocycles. The van der Waals surface area contributed by atoms with Gasteiger partial charge in [0, 0.05) is 12.1 Å². The largest absolute Gasteiger partial charge is 0.444 e. The van der Waals surface area contributed by atoms with Gasteiger partial charge < -0.3 is 15.0 Å². The van der Waals surface area contributed by atoms with Crippen molar-refractivity contribution < 1.29 is 9.53 Å². The lowest BCUT2D eigenvalue weighted by atomic mass is 9.91. The monoisotopic (exact) mass is 242 g/mol. The number of carbonyl (C=O) groups is 1. The van der Waals surface area contributed by atoms with Gasteiger partial charge in [-0.1, -0.05) is 0 Å². The first kappa shape index (κ1) is 14.3. The Morgan fingerprint density at radius 3 is 2.12 bits per heavy atom. The third-order valence-corrected chi connectivity index (χ3v) is 3.15. The molecule has 0 aromatic heterocycles. The summed E-state index contributed by atoms with van der Waals surface area (Å²) in [6, 6.07) is 0.938. The molecule has 0 radical (unpaired) electrons. The van der Waals surface area contributed by atoms with Crippen LogP contribution < -0.4 is 5.32 Å². The quantitative estimate of drug-likeness (QED) is 0.808. The van der Waals surface area contributed by atoms with E-state index in [1.807, 2.05) is 20.8 Å². The van der Waals surface area contributed by atoms with E-state index in [-0.39, 0.29) is 12.1 Å². The summed E-state index contributed by atoms with van der Waals surface area (Å²) >= 11 is 0. The van der Waals surface area contributed by atoms with Gasteiger partial charge in [0.15, 0.2) is 0 Å². The molecular weight excluding hydrogens is 216 g/mol. The number of rotatable bonds is 2. The maximum absolute atomic E-state index is 11.6. The minimum Gasteiger partial charge on any atom is -0.444 e. The molecule has 1 aliphatic carbocycles. The van der Waals surface area contributed by atoms with E-state index in [1.54, 1.807) is 0 Å². The molecule has 4 nitrogen and oxygen atoms in total. The SMILES string of the molecule is CN(C)C1CCC(NC(=O)OC(C)(C)C)CC1. The van der Waals surface area contributed by atoms with Crippen LogP contribution in [0.1, 0.15) is 46.5 Å². The molecular formula is C13H26N2O2. The van der Waals surface area contributed by atoms with Crippen molar-refractivity contribution in [2.45, 2.75) is 64.1 Å². The van der Waals surface area contributed by atoms with Gasteiger partial charge in [-0.05, 0) is 60.5 Å². The van der Waals surface area contributed by atoms with Crippen molar-refractivity contribution in [2.75, 3.05) is 14.1 Å². The number of carbonyl (C=O) groups excluding carboxylic acids is 1. The van der Waals surface area contributed by atoms with Crippen molar-refractivity contribution >= 4 is 6.09 Å². The summed E-state index contributed by atoms with van der Waals surface area (Å²) in [5.74, 6) is 0. The molecule has 1 rings (SSSR count). The first-order valence-electron chi connectivity index (χ1n) is 6.44. The zero-order valence-electron chi connectivity index (χ0n) is 11.7. The molecule has 1 fully saturated rings. The van der Waals surface area contributed by atoms with Gasteiger partial charge in [0.2, 0.25) is 0 Å². The van der Waals surface area contributed by atoms with Gasteiger partial charge in [0.25, 0.3) is 0 Å². The predicted octanol–water partition coefficient (Wildman–Crippen LogP) is 2.38. The van der Waals surface area contributed by atoms with Gasteiger partial charge in [-0.3, -0.25) is 0 Å². The Morgan fingerprint density at radius 1 is 1.18 bits per heavy atom. The van der Waals surface area contributed by atoms with Crippen LogP contribution in [-0.2, 0) is 4.74 Å². The van der Waals surface area contributed by atoms with Crippen LogP contribution in [0.5, 0.6) is 0 Å². The molecule has 0 aliphatic heterocycles. The fourth-order valence-corrected chi connectivity index (χ4v) is 2.21. The van der Waals surface area contributed by atoms with Crippen molar-refractivity contribution in [1.82, 2.24) is 10.2 Å². The molecule has 4 heteroatoms. The molecule has 0 heterocycles. The molecule has 0 spiro atoms. The van der Waals surface area contributed by atoms with E-state index in [9.17, 15) is 4.79 Å². The first-order chi connectivity index (χ1) is 7.78. The number of nitrogens with one attached hydrogen (secondary N) is 1. The molecule has 1 saturated carbocycles. The normalized spacial score (nSPS) is 25.8. The average Bonchev–Trinajstić information content (AvgIpc) is 2.15. The van der Waals surface area contributed by atoms with E-state index in [0.29, 0.717) is 6.04 Å². The second-order valence-electron chi connectivity index (χ2n) is 6.12. The van der Waals surface area contributed by atoms with E-state index in [4.69, 9.17) is 4.74 Å². The highest BCUT2D eigenvalue weighted by atomic mass is 16.6. The van der Waals surface area contributed by atoms with Crippen molar-refractivity contribution in [3.63, 3.8) is 0 Å². The highest BCUT2D eigenvalue weighted by molar-refractivity contribution is 5.68. The number of ether oxygens (including phenoxy) is 1. The predicted molar refractivity (Wildman–Crippen MR) is 69.1 cm³/mol. The van der Waals surface area contributed by atoms with Crippen LogP contribution in [0.4, 0.5) is 4.79 Å². The molecule has 0 unspecified atom stereocenters. The van der Waals surface area contributed by atoms with Crippen molar-refractivity contribution in [3.8, 4) is 0 Å². The lowest BCUT2D eigenvalue weighted by Crippen LogP contribution is -2.43. The van der Waals surface area contributed by atoms with E-state index in [1.165, 1.54) is 0 Å². The topological polar surface area (TPSA) is 41.6 Å². The number of alkyl carbamates (subject to hydrolysis) is 1. The summed E-state index contributed by atoms with van der Waals surface area (Å²) in [6.45, 7) is 5.65. The molecule has 0 bridgehead atoms. The van der Waals surface area contributed by atoms with Crippen LogP contribution in [0.3, 0.4) is 0 Å². The maximum Gasteiger partial charge on any atom is 0.407 e. The fourth-order valence-electron chi connectivity index (χ4n) is 2.21. The van der Waals surface area contributed by atoms with E-state index in [2.05, 4.69) is 24.3 Å². The molecule has 0 aromatic carbocycles. The summed E-state index contributed by atoms with van der Waals surface area (Å²) in [6.07, 6.45) is 4.09. The molecule has 1 aliphatic rings.